The third kappa shape index (κ3) is 1.53. The Labute approximate surface area is 98.7 Å². The molecule has 0 unspecified atom stereocenters. The molecule has 0 aromatic carbocycles. The van der Waals surface area contributed by atoms with Gasteiger partial charge in [-0.2, -0.15) is 5.10 Å². The van der Waals surface area contributed by atoms with Gasteiger partial charge in [-0.1, -0.05) is 13.8 Å². The van der Waals surface area contributed by atoms with E-state index in [4.69, 9.17) is 4.42 Å². The van der Waals surface area contributed by atoms with Crippen LogP contribution in [0.5, 0.6) is 0 Å². The number of nitrogens with zero attached hydrogens (tertiary/aromatic N) is 2. The van der Waals surface area contributed by atoms with Crippen molar-refractivity contribution in [3.05, 3.63) is 36.4 Å². The maximum atomic E-state index is 5.46. The lowest BCUT2D eigenvalue weighted by Gasteiger charge is -2.04. The van der Waals surface area contributed by atoms with Gasteiger partial charge in [0.25, 0.3) is 0 Å². The zero-order valence-electron chi connectivity index (χ0n) is 9.77. The summed E-state index contributed by atoms with van der Waals surface area (Å²) in [6.07, 6.45) is 3.44. The Bertz CT molecular complexity index is 638. The Hall–Kier alpha value is -2.10. The van der Waals surface area contributed by atoms with Gasteiger partial charge in [0.05, 0.1) is 17.3 Å². The number of H-pyrrole nitrogens is 1. The summed E-state index contributed by atoms with van der Waals surface area (Å²) in [5.74, 6) is 1.20. The minimum atomic E-state index is 0.349. The van der Waals surface area contributed by atoms with Gasteiger partial charge in [0, 0.05) is 11.8 Å². The highest BCUT2D eigenvalue weighted by molar-refractivity contribution is 5.93. The van der Waals surface area contributed by atoms with Gasteiger partial charge < -0.3 is 4.42 Å². The second-order valence-corrected chi connectivity index (χ2v) is 4.32. The maximum Gasteiger partial charge on any atom is 0.156 e. The normalized spacial score (nSPS) is 11.5. The van der Waals surface area contributed by atoms with Crippen molar-refractivity contribution in [2.24, 2.45) is 0 Å². The van der Waals surface area contributed by atoms with E-state index in [1.54, 1.807) is 12.5 Å². The first-order valence-corrected chi connectivity index (χ1v) is 5.64. The van der Waals surface area contributed by atoms with Gasteiger partial charge in [0.15, 0.2) is 5.65 Å². The fourth-order valence-electron chi connectivity index (χ4n) is 2.03. The minimum absolute atomic E-state index is 0.349. The van der Waals surface area contributed by atoms with Crippen LogP contribution in [0.15, 0.2) is 35.1 Å². The van der Waals surface area contributed by atoms with Crippen LogP contribution in [0.1, 0.15) is 25.5 Å². The highest BCUT2D eigenvalue weighted by atomic mass is 16.3. The number of hydrogen-bond donors (Lipinski definition) is 1. The number of fused-ring (bicyclic) bond motifs is 1. The molecule has 3 heterocycles. The second kappa shape index (κ2) is 3.73. The number of furan rings is 1. The molecule has 0 spiro atoms. The van der Waals surface area contributed by atoms with Gasteiger partial charge in [-0.05, 0) is 24.1 Å². The molecule has 0 aliphatic rings. The topological polar surface area (TPSA) is 54.7 Å². The number of aromatic amines is 1. The van der Waals surface area contributed by atoms with Crippen molar-refractivity contribution >= 4 is 11.0 Å². The Morgan fingerprint density at radius 3 is 2.88 bits per heavy atom. The van der Waals surface area contributed by atoms with Crippen molar-refractivity contribution in [1.29, 1.82) is 0 Å². The van der Waals surface area contributed by atoms with Crippen LogP contribution in [0.4, 0.5) is 0 Å². The van der Waals surface area contributed by atoms with E-state index in [9.17, 15) is 0 Å². The van der Waals surface area contributed by atoms with Crippen molar-refractivity contribution in [2.75, 3.05) is 0 Å². The smallest absolute Gasteiger partial charge is 0.156 e. The molecule has 4 heteroatoms. The van der Waals surface area contributed by atoms with Crippen LogP contribution in [0.25, 0.3) is 22.4 Å². The first-order valence-electron chi connectivity index (χ1n) is 5.64. The highest BCUT2D eigenvalue weighted by Gasteiger charge is 2.16. The molecule has 0 atom stereocenters. The van der Waals surface area contributed by atoms with E-state index >= 15 is 0 Å². The summed E-state index contributed by atoms with van der Waals surface area (Å²) in [5.41, 5.74) is 2.87. The lowest BCUT2D eigenvalue weighted by Crippen LogP contribution is -1.89. The van der Waals surface area contributed by atoms with E-state index in [0.717, 1.165) is 28.1 Å². The first-order chi connectivity index (χ1) is 8.27. The summed E-state index contributed by atoms with van der Waals surface area (Å²) in [7, 11) is 0. The number of rotatable bonds is 2. The summed E-state index contributed by atoms with van der Waals surface area (Å²) >= 11 is 0. The summed E-state index contributed by atoms with van der Waals surface area (Å²) < 4.78 is 5.46. The van der Waals surface area contributed by atoms with Gasteiger partial charge in [-0.25, -0.2) is 4.98 Å². The number of nitrogens with one attached hydrogen (secondary N) is 1. The van der Waals surface area contributed by atoms with Crippen molar-refractivity contribution in [1.82, 2.24) is 15.2 Å². The van der Waals surface area contributed by atoms with Gasteiger partial charge in [-0.3, -0.25) is 5.10 Å². The van der Waals surface area contributed by atoms with Crippen molar-refractivity contribution in [3.63, 3.8) is 0 Å². The Morgan fingerprint density at radius 2 is 2.18 bits per heavy atom. The summed E-state index contributed by atoms with van der Waals surface area (Å²) in [6, 6.07) is 5.80. The number of aromatic nitrogens is 3. The second-order valence-electron chi connectivity index (χ2n) is 4.32. The molecule has 1 N–H and O–H groups in total. The Kier molecular flexibility index (Phi) is 2.21. The molecule has 0 saturated heterocycles. The first kappa shape index (κ1) is 10.1. The Balaban J connectivity index is 2.34. The van der Waals surface area contributed by atoms with E-state index in [1.807, 2.05) is 18.2 Å². The van der Waals surface area contributed by atoms with Gasteiger partial charge in [-0.15, -0.1) is 0 Å². The van der Waals surface area contributed by atoms with Crippen LogP contribution in [0.2, 0.25) is 0 Å². The standard InChI is InChI=1S/C13H13N3O/c1-8(2)12-11-9(10-4-3-7-17-10)5-6-14-13(11)16-15-12/h3-8H,1-2H3,(H,14,15,16). The Morgan fingerprint density at radius 1 is 1.29 bits per heavy atom. The zero-order chi connectivity index (χ0) is 11.8. The quantitative estimate of drug-likeness (QED) is 0.730. The predicted molar refractivity (Wildman–Crippen MR) is 65.7 cm³/mol. The molecule has 0 bridgehead atoms. The number of pyridine rings is 1. The SMILES string of the molecule is CC(C)c1n[nH]c2nccc(-c3ccco3)c12. The molecule has 0 aliphatic carbocycles. The van der Waals surface area contributed by atoms with Crippen molar-refractivity contribution < 1.29 is 4.42 Å². The largest absolute Gasteiger partial charge is 0.464 e. The highest BCUT2D eigenvalue weighted by Crippen LogP contribution is 2.31. The maximum absolute atomic E-state index is 5.46. The lowest BCUT2D eigenvalue weighted by atomic mass is 10.0. The van der Waals surface area contributed by atoms with Gasteiger partial charge in [0.1, 0.15) is 5.76 Å². The van der Waals surface area contributed by atoms with Crippen molar-refractivity contribution in [3.8, 4) is 11.3 Å². The van der Waals surface area contributed by atoms with Crippen molar-refractivity contribution in [2.45, 2.75) is 19.8 Å². The lowest BCUT2D eigenvalue weighted by molar-refractivity contribution is 0.583. The van der Waals surface area contributed by atoms with Gasteiger partial charge >= 0.3 is 0 Å². The fourth-order valence-corrected chi connectivity index (χ4v) is 2.03. The van der Waals surface area contributed by atoms with Crippen LogP contribution in [0.3, 0.4) is 0 Å². The monoisotopic (exact) mass is 227 g/mol. The fraction of sp³-hybridized carbons (Fsp3) is 0.231. The van der Waals surface area contributed by atoms with E-state index in [2.05, 4.69) is 29.0 Å². The molecule has 3 aromatic heterocycles. The summed E-state index contributed by atoms with van der Waals surface area (Å²) in [5, 5.41) is 8.36. The molecule has 0 aliphatic heterocycles. The van der Waals surface area contributed by atoms with Crippen LogP contribution in [0, 0.1) is 0 Å². The molecule has 0 amide bonds. The molecule has 0 fully saturated rings. The van der Waals surface area contributed by atoms with Crippen LogP contribution < -0.4 is 0 Å². The van der Waals surface area contributed by atoms with Crippen LogP contribution in [-0.4, -0.2) is 15.2 Å². The summed E-state index contributed by atoms with van der Waals surface area (Å²) in [6.45, 7) is 4.24. The molecule has 3 aromatic rings. The zero-order valence-corrected chi connectivity index (χ0v) is 9.77. The molecule has 0 saturated carbocycles. The molecule has 4 nitrogen and oxygen atoms in total. The molecule has 17 heavy (non-hydrogen) atoms. The third-order valence-electron chi connectivity index (χ3n) is 2.82. The summed E-state index contributed by atoms with van der Waals surface area (Å²) in [4.78, 5) is 4.30. The molecular formula is C13H13N3O. The van der Waals surface area contributed by atoms with E-state index in [1.165, 1.54) is 0 Å². The molecule has 86 valence electrons. The predicted octanol–water partition coefficient (Wildman–Crippen LogP) is 3.34. The molecule has 0 radical (unpaired) electrons. The minimum Gasteiger partial charge on any atom is -0.464 e. The van der Waals surface area contributed by atoms with Crippen LogP contribution >= 0.6 is 0 Å². The third-order valence-corrected chi connectivity index (χ3v) is 2.82. The average molecular weight is 227 g/mol. The van der Waals surface area contributed by atoms with Crippen LogP contribution in [-0.2, 0) is 0 Å². The van der Waals surface area contributed by atoms with E-state index in [0.29, 0.717) is 5.92 Å². The average Bonchev–Trinajstić information content (AvgIpc) is 2.97. The van der Waals surface area contributed by atoms with E-state index < -0.39 is 0 Å². The molecular weight excluding hydrogens is 214 g/mol. The molecule has 3 rings (SSSR count). The number of hydrogen-bond acceptors (Lipinski definition) is 3. The van der Waals surface area contributed by atoms with Gasteiger partial charge in [0.2, 0.25) is 0 Å². The van der Waals surface area contributed by atoms with E-state index in [-0.39, 0.29) is 0 Å².